The van der Waals surface area contributed by atoms with Crippen molar-refractivity contribution in [2.75, 3.05) is 0 Å². The van der Waals surface area contributed by atoms with Crippen LogP contribution in [0.4, 0.5) is 0 Å². The Kier molecular flexibility index (Phi) is 5.40. The van der Waals surface area contributed by atoms with E-state index in [9.17, 15) is 9.59 Å². The first-order valence-corrected chi connectivity index (χ1v) is 10.2. The maximum atomic E-state index is 12.8. The summed E-state index contributed by atoms with van der Waals surface area (Å²) in [5, 5.41) is 0.758. The topological polar surface area (TPSA) is 80.3 Å². The number of benzene rings is 2. The molecular weight excluding hydrogens is 378 g/mol. The lowest BCUT2D eigenvalue weighted by Crippen LogP contribution is -2.47. The lowest BCUT2D eigenvalue weighted by Gasteiger charge is -2.17. The number of nitrogens with zero attached hydrogens (tertiary/aromatic N) is 1. The number of hydrogen-bond donors (Lipinski definition) is 2. The molecule has 1 aromatic heterocycles. The highest BCUT2D eigenvalue weighted by atomic mass is 16.5. The van der Waals surface area contributed by atoms with E-state index in [-0.39, 0.29) is 5.91 Å². The molecule has 2 N–H and O–H groups in total. The van der Waals surface area contributed by atoms with Gasteiger partial charge in [-0.25, -0.2) is 0 Å². The Hall–Kier alpha value is -3.41. The number of hydrazine groups is 1. The molecule has 1 atom stereocenters. The predicted molar refractivity (Wildman–Crippen MR) is 115 cm³/mol. The van der Waals surface area contributed by atoms with Crippen LogP contribution in [0.1, 0.15) is 52.9 Å². The molecule has 4 rings (SSSR count). The van der Waals surface area contributed by atoms with Crippen molar-refractivity contribution in [2.45, 2.75) is 45.6 Å². The highest BCUT2D eigenvalue weighted by Gasteiger charge is 2.27. The van der Waals surface area contributed by atoms with Crippen molar-refractivity contribution in [3.8, 4) is 5.75 Å². The maximum absolute atomic E-state index is 12.8. The summed E-state index contributed by atoms with van der Waals surface area (Å²) in [4.78, 5) is 30.0. The predicted octanol–water partition coefficient (Wildman–Crippen LogP) is 3.96. The average molecular weight is 403 g/mol. The number of carbonyl (C=O) groups excluding carboxylic acids is 2. The van der Waals surface area contributed by atoms with Gasteiger partial charge in [-0.2, -0.15) is 0 Å². The summed E-state index contributed by atoms with van der Waals surface area (Å²) < 4.78 is 5.78. The van der Waals surface area contributed by atoms with Crippen molar-refractivity contribution in [1.29, 1.82) is 0 Å². The number of carbonyl (C=O) groups is 2. The first-order valence-electron chi connectivity index (χ1n) is 10.2. The standard InChI is InChI=1S/C24H25N3O3/c1-14-7-6-10-22(15(14)2)30-16(3)23(28)26-27-24(29)19-13-21(17-11-12-17)25-20-9-5-4-8-18(19)20/h4-10,13,16-17H,11-12H2,1-3H3,(H,26,28)(H,27,29)/t16-/m1/s1. The summed E-state index contributed by atoms with van der Waals surface area (Å²) in [7, 11) is 0. The molecule has 3 aromatic rings. The summed E-state index contributed by atoms with van der Waals surface area (Å²) in [6.07, 6.45) is 1.43. The number of aryl methyl sites for hydroxylation is 1. The fraction of sp³-hybridized carbons (Fsp3) is 0.292. The quantitative estimate of drug-likeness (QED) is 0.632. The van der Waals surface area contributed by atoms with Gasteiger partial charge in [0.2, 0.25) is 0 Å². The summed E-state index contributed by atoms with van der Waals surface area (Å²) in [6, 6.07) is 15.1. The van der Waals surface area contributed by atoms with Crippen molar-refractivity contribution < 1.29 is 14.3 Å². The minimum atomic E-state index is -0.762. The molecule has 0 unspecified atom stereocenters. The second-order valence-corrected chi connectivity index (χ2v) is 7.79. The molecule has 0 aliphatic heterocycles. The number of fused-ring (bicyclic) bond motifs is 1. The van der Waals surface area contributed by atoms with Gasteiger partial charge < -0.3 is 4.74 Å². The van der Waals surface area contributed by atoms with Crippen LogP contribution in [0.25, 0.3) is 10.9 Å². The van der Waals surface area contributed by atoms with Crippen LogP contribution in [0.15, 0.2) is 48.5 Å². The molecule has 0 radical (unpaired) electrons. The van der Waals surface area contributed by atoms with E-state index in [2.05, 4.69) is 15.8 Å². The van der Waals surface area contributed by atoms with E-state index in [1.165, 1.54) is 0 Å². The molecule has 0 spiro atoms. The van der Waals surface area contributed by atoms with Crippen LogP contribution in [-0.2, 0) is 4.79 Å². The van der Waals surface area contributed by atoms with Crippen LogP contribution in [0.2, 0.25) is 0 Å². The van der Waals surface area contributed by atoms with Crippen LogP contribution in [0.3, 0.4) is 0 Å². The molecule has 2 amide bonds. The molecule has 6 nitrogen and oxygen atoms in total. The number of hydrogen-bond acceptors (Lipinski definition) is 4. The lowest BCUT2D eigenvalue weighted by atomic mass is 10.1. The van der Waals surface area contributed by atoms with Gasteiger partial charge in [0, 0.05) is 17.0 Å². The minimum absolute atomic E-state index is 0.372. The van der Waals surface area contributed by atoms with E-state index in [1.54, 1.807) is 6.92 Å². The molecule has 1 fully saturated rings. The van der Waals surface area contributed by atoms with E-state index < -0.39 is 12.0 Å². The van der Waals surface area contributed by atoms with Crippen LogP contribution in [-0.4, -0.2) is 22.9 Å². The first-order chi connectivity index (χ1) is 14.4. The van der Waals surface area contributed by atoms with Crippen LogP contribution in [0.5, 0.6) is 5.75 Å². The van der Waals surface area contributed by atoms with E-state index in [4.69, 9.17) is 4.74 Å². The number of amides is 2. The fourth-order valence-corrected chi connectivity index (χ4v) is 3.36. The summed E-state index contributed by atoms with van der Waals surface area (Å²) >= 11 is 0. The first kappa shape index (κ1) is 19.9. The van der Waals surface area contributed by atoms with E-state index in [1.807, 2.05) is 62.4 Å². The SMILES string of the molecule is Cc1cccc(O[C@H](C)C(=O)NNC(=O)c2cc(C3CC3)nc3ccccc23)c1C. The number of para-hydroxylation sites is 1. The molecule has 1 aliphatic carbocycles. The summed E-state index contributed by atoms with van der Waals surface area (Å²) in [5.41, 5.74) is 9.29. The van der Waals surface area contributed by atoms with E-state index in [0.29, 0.717) is 17.2 Å². The summed E-state index contributed by atoms with van der Waals surface area (Å²) in [5.74, 6) is 0.271. The second kappa shape index (κ2) is 8.14. The van der Waals surface area contributed by atoms with Gasteiger partial charge >= 0.3 is 0 Å². The molecule has 154 valence electrons. The van der Waals surface area contributed by atoms with E-state index in [0.717, 1.165) is 40.6 Å². The number of rotatable bonds is 5. The number of ether oxygens (including phenoxy) is 1. The van der Waals surface area contributed by atoms with E-state index >= 15 is 0 Å². The van der Waals surface area contributed by atoms with Gasteiger partial charge in [0.05, 0.1) is 11.1 Å². The minimum Gasteiger partial charge on any atom is -0.481 e. The Morgan fingerprint density at radius 1 is 1.07 bits per heavy atom. The van der Waals surface area contributed by atoms with Crippen molar-refractivity contribution >= 4 is 22.7 Å². The van der Waals surface area contributed by atoms with Gasteiger partial charge in [-0.1, -0.05) is 30.3 Å². The Labute approximate surface area is 175 Å². The van der Waals surface area contributed by atoms with Crippen LogP contribution < -0.4 is 15.6 Å². The fourth-order valence-electron chi connectivity index (χ4n) is 3.36. The molecule has 6 heteroatoms. The zero-order chi connectivity index (χ0) is 21.3. The monoisotopic (exact) mass is 403 g/mol. The zero-order valence-corrected chi connectivity index (χ0v) is 17.4. The van der Waals surface area contributed by atoms with Crippen molar-refractivity contribution in [2.24, 2.45) is 0 Å². The lowest BCUT2D eigenvalue weighted by molar-refractivity contribution is -0.128. The molecular formula is C24H25N3O3. The van der Waals surface area contributed by atoms with Gasteiger partial charge in [-0.15, -0.1) is 0 Å². The molecule has 1 heterocycles. The molecule has 30 heavy (non-hydrogen) atoms. The molecule has 2 aromatic carbocycles. The Morgan fingerprint density at radius 2 is 1.83 bits per heavy atom. The summed E-state index contributed by atoms with van der Waals surface area (Å²) in [6.45, 7) is 5.58. The van der Waals surface area contributed by atoms with Gasteiger partial charge in [0.25, 0.3) is 11.8 Å². The van der Waals surface area contributed by atoms with Crippen molar-refractivity contribution in [1.82, 2.24) is 15.8 Å². The Morgan fingerprint density at radius 3 is 2.60 bits per heavy atom. The van der Waals surface area contributed by atoms with Gasteiger partial charge in [-0.3, -0.25) is 25.4 Å². The third kappa shape index (κ3) is 4.13. The van der Waals surface area contributed by atoms with Crippen LogP contribution in [0, 0.1) is 13.8 Å². The van der Waals surface area contributed by atoms with Crippen molar-refractivity contribution in [3.63, 3.8) is 0 Å². The average Bonchev–Trinajstić information content (AvgIpc) is 3.59. The van der Waals surface area contributed by atoms with Crippen molar-refractivity contribution in [3.05, 3.63) is 70.9 Å². The molecule has 0 bridgehead atoms. The normalized spacial score (nSPS) is 14.2. The molecule has 0 saturated heterocycles. The molecule has 1 aliphatic rings. The maximum Gasteiger partial charge on any atom is 0.279 e. The third-order valence-electron chi connectivity index (χ3n) is 5.50. The number of nitrogens with one attached hydrogen (secondary N) is 2. The van der Waals surface area contributed by atoms with Gasteiger partial charge in [0.1, 0.15) is 5.75 Å². The Balaban J connectivity index is 1.45. The van der Waals surface area contributed by atoms with Gasteiger partial charge in [-0.05, 0) is 62.9 Å². The molecule has 1 saturated carbocycles. The largest absolute Gasteiger partial charge is 0.481 e. The number of pyridine rings is 1. The number of aromatic nitrogens is 1. The third-order valence-corrected chi connectivity index (χ3v) is 5.50. The highest BCUT2D eigenvalue weighted by molar-refractivity contribution is 6.06. The smallest absolute Gasteiger partial charge is 0.279 e. The second-order valence-electron chi connectivity index (χ2n) is 7.79. The van der Waals surface area contributed by atoms with Gasteiger partial charge in [0.15, 0.2) is 6.10 Å². The Bertz CT molecular complexity index is 1120. The van der Waals surface area contributed by atoms with Crippen LogP contribution >= 0.6 is 0 Å². The zero-order valence-electron chi connectivity index (χ0n) is 17.4. The highest BCUT2D eigenvalue weighted by Crippen LogP contribution is 2.40.